The van der Waals surface area contributed by atoms with Gasteiger partial charge in [-0.3, -0.25) is 0 Å². The number of aliphatic hydroxyl groups excluding tert-OH is 1. The zero-order valence-corrected chi connectivity index (χ0v) is 5.46. The monoisotopic (exact) mass is 125 g/mol. The number of likely N-dealkylation sites (N-methyl/N-ethyl adjacent to an activating group) is 1. The molecule has 0 saturated heterocycles. The van der Waals surface area contributed by atoms with E-state index in [1.807, 2.05) is 14.0 Å². The number of nitrogens with one attached hydrogen (secondary N) is 1. The standard InChI is InChI=1S/C4H11NO.ClH/c1-4(3-6)5-2;/h4-6H,3H2,1-2H3;1H/t4-;/m0./s1. The summed E-state index contributed by atoms with van der Waals surface area (Å²) in [4.78, 5) is 0. The predicted octanol–water partition coefficient (Wildman–Crippen LogP) is 0.00840. The smallest absolute Gasteiger partial charge is 0.0581 e. The van der Waals surface area contributed by atoms with E-state index in [-0.39, 0.29) is 25.1 Å². The molecule has 0 aromatic carbocycles. The van der Waals surface area contributed by atoms with Crippen LogP contribution in [0.4, 0.5) is 0 Å². The van der Waals surface area contributed by atoms with Gasteiger partial charge in [-0.1, -0.05) is 0 Å². The van der Waals surface area contributed by atoms with Gasteiger partial charge in [-0.2, -0.15) is 0 Å². The fraction of sp³-hybridized carbons (Fsp3) is 1.00. The second-order valence-corrected chi connectivity index (χ2v) is 1.37. The van der Waals surface area contributed by atoms with Gasteiger partial charge in [0.1, 0.15) is 0 Å². The first kappa shape index (κ1) is 10.2. The van der Waals surface area contributed by atoms with Crippen LogP contribution in [-0.2, 0) is 0 Å². The van der Waals surface area contributed by atoms with Gasteiger partial charge in [0, 0.05) is 6.04 Å². The Kier molecular flexibility index (Phi) is 9.09. The van der Waals surface area contributed by atoms with Gasteiger partial charge in [-0.15, -0.1) is 12.4 Å². The number of halogens is 1. The van der Waals surface area contributed by atoms with E-state index in [0.29, 0.717) is 0 Å². The molecule has 46 valence electrons. The molecule has 0 amide bonds. The van der Waals surface area contributed by atoms with Crippen molar-refractivity contribution in [3.63, 3.8) is 0 Å². The quantitative estimate of drug-likeness (QED) is 0.545. The summed E-state index contributed by atoms with van der Waals surface area (Å²) in [5.74, 6) is 0. The van der Waals surface area contributed by atoms with Crippen LogP contribution >= 0.6 is 12.4 Å². The van der Waals surface area contributed by atoms with E-state index in [9.17, 15) is 0 Å². The average Bonchev–Trinajstić information content (AvgIpc) is 1.65. The van der Waals surface area contributed by atoms with Crippen LogP contribution in [0.2, 0.25) is 0 Å². The van der Waals surface area contributed by atoms with Crippen LogP contribution in [-0.4, -0.2) is 24.8 Å². The number of rotatable bonds is 2. The Morgan fingerprint density at radius 3 is 2.14 bits per heavy atom. The van der Waals surface area contributed by atoms with Crippen LogP contribution in [0, 0.1) is 0 Å². The van der Waals surface area contributed by atoms with E-state index in [2.05, 4.69) is 5.32 Å². The van der Waals surface area contributed by atoms with Gasteiger partial charge in [0.2, 0.25) is 0 Å². The maximum absolute atomic E-state index is 8.27. The van der Waals surface area contributed by atoms with E-state index in [1.54, 1.807) is 0 Å². The summed E-state index contributed by atoms with van der Waals surface area (Å²) in [6.45, 7) is 2.14. The topological polar surface area (TPSA) is 32.3 Å². The van der Waals surface area contributed by atoms with Gasteiger partial charge in [-0.25, -0.2) is 0 Å². The zero-order chi connectivity index (χ0) is 4.99. The molecule has 1 atom stereocenters. The molecule has 0 rings (SSSR count). The Bertz CT molecular complexity index is 30.9. The van der Waals surface area contributed by atoms with Gasteiger partial charge in [-0.05, 0) is 14.0 Å². The summed E-state index contributed by atoms with van der Waals surface area (Å²) >= 11 is 0. The van der Waals surface area contributed by atoms with Crippen molar-refractivity contribution in [1.82, 2.24) is 5.32 Å². The molecule has 0 radical (unpaired) electrons. The highest BCUT2D eigenvalue weighted by molar-refractivity contribution is 5.85. The van der Waals surface area contributed by atoms with E-state index in [1.165, 1.54) is 0 Å². The molecule has 3 heteroatoms. The van der Waals surface area contributed by atoms with Crippen molar-refractivity contribution >= 4 is 12.4 Å². The largest absolute Gasteiger partial charge is 0.395 e. The highest BCUT2D eigenvalue weighted by Gasteiger charge is 1.88. The first-order chi connectivity index (χ1) is 2.81. The van der Waals surface area contributed by atoms with E-state index in [4.69, 9.17) is 5.11 Å². The Labute approximate surface area is 50.3 Å². The summed E-state index contributed by atoms with van der Waals surface area (Å²) in [6.07, 6.45) is 0. The van der Waals surface area contributed by atoms with Gasteiger partial charge in [0.15, 0.2) is 0 Å². The molecule has 0 aromatic heterocycles. The minimum absolute atomic E-state index is 0. The lowest BCUT2D eigenvalue weighted by atomic mass is 10.4. The summed E-state index contributed by atoms with van der Waals surface area (Å²) in [6, 6.07) is 0.241. The predicted molar refractivity (Wildman–Crippen MR) is 32.9 cm³/mol. The first-order valence-electron chi connectivity index (χ1n) is 2.09. The van der Waals surface area contributed by atoms with Crippen molar-refractivity contribution in [2.24, 2.45) is 0 Å². The Morgan fingerprint density at radius 1 is 1.71 bits per heavy atom. The lowest BCUT2D eigenvalue weighted by Crippen LogP contribution is -2.24. The second kappa shape index (κ2) is 6.21. The zero-order valence-electron chi connectivity index (χ0n) is 4.64. The molecule has 0 fully saturated rings. The molecule has 0 saturated carbocycles. The van der Waals surface area contributed by atoms with Crippen LogP contribution in [0.1, 0.15) is 6.92 Å². The lowest BCUT2D eigenvalue weighted by molar-refractivity contribution is 0.258. The third kappa shape index (κ3) is 6.21. The lowest BCUT2D eigenvalue weighted by Gasteiger charge is -2.01. The van der Waals surface area contributed by atoms with Crippen LogP contribution in [0.15, 0.2) is 0 Å². The van der Waals surface area contributed by atoms with Crippen molar-refractivity contribution in [2.45, 2.75) is 13.0 Å². The van der Waals surface area contributed by atoms with Crippen molar-refractivity contribution < 1.29 is 5.11 Å². The summed E-state index contributed by atoms with van der Waals surface area (Å²) in [5.41, 5.74) is 0. The van der Waals surface area contributed by atoms with Crippen LogP contribution < -0.4 is 5.32 Å². The van der Waals surface area contributed by atoms with Gasteiger partial charge >= 0.3 is 0 Å². The molecule has 7 heavy (non-hydrogen) atoms. The SMILES string of the molecule is CN[C@@H](C)CO.Cl. The van der Waals surface area contributed by atoms with Crippen molar-refractivity contribution in [1.29, 1.82) is 0 Å². The maximum Gasteiger partial charge on any atom is 0.0581 e. The van der Waals surface area contributed by atoms with Crippen molar-refractivity contribution in [3.05, 3.63) is 0 Å². The molecule has 2 N–H and O–H groups in total. The van der Waals surface area contributed by atoms with Crippen molar-refractivity contribution in [2.75, 3.05) is 13.7 Å². The van der Waals surface area contributed by atoms with E-state index >= 15 is 0 Å². The van der Waals surface area contributed by atoms with Crippen LogP contribution in [0.5, 0.6) is 0 Å². The van der Waals surface area contributed by atoms with Crippen molar-refractivity contribution in [3.8, 4) is 0 Å². The molecule has 0 heterocycles. The summed E-state index contributed by atoms with van der Waals surface area (Å²) in [7, 11) is 1.82. The van der Waals surface area contributed by atoms with Crippen LogP contribution in [0.25, 0.3) is 0 Å². The summed E-state index contributed by atoms with van der Waals surface area (Å²) < 4.78 is 0. The molecule has 0 spiro atoms. The molecule has 0 aliphatic rings. The second-order valence-electron chi connectivity index (χ2n) is 1.37. The van der Waals surface area contributed by atoms with Crippen LogP contribution in [0.3, 0.4) is 0 Å². The maximum atomic E-state index is 8.27. The van der Waals surface area contributed by atoms with Gasteiger partial charge in [0.25, 0.3) is 0 Å². The Morgan fingerprint density at radius 2 is 2.14 bits per heavy atom. The molecule has 0 unspecified atom stereocenters. The molecule has 0 aromatic rings. The average molecular weight is 126 g/mol. The van der Waals surface area contributed by atoms with Gasteiger partial charge < -0.3 is 10.4 Å². The molecular formula is C4H12ClNO. The molecule has 0 aliphatic carbocycles. The van der Waals surface area contributed by atoms with Gasteiger partial charge in [0.05, 0.1) is 6.61 Å². The number of hydrogen-bond acceptors (Lipinski definition) is 2. The highest BCUT2D eigenvalue weighted by atomic mass is 35.5. The normalized spacial score (nSPS) is 12.4. The highest BCUT2D eigenvalue weighted by Crippen LogP contribution is 1.69. The first-order valence-corrected chi connectivity index (χ1v) is 2.09. The fourth-order valence-corrected chi connectivity index (χ4v) is 0.0913. The third-order valence-electron chi connectivity index (χ3n) is 0.767. The molecule has 2 nitrogen and oxygen atoms in total. The molecule has 0 aliphatic heterocycles. The van der Waals surface area contributed by atoms with E-state index < -0.39 is 0 Å². The molecular weight excluding hydrogens is 114 g/mol. The minimum Gasteiger partial charge on any atom is -0.395 e. The Balaban J connectivity index is 0. The summed E-state index contributed by atoms with van der Waals surface area (Å²) in [5, 5.41) is 11.1. The minimum atomic E-state index is 0. The van der Waals surface area contributed by atoms with E-state index in [0.717, 1.165) is 0 Å². The molecule has 0 bridgehead atoms. The number of aliphatic hydroxyl groups is 1. The third-order valence-corrected chi connectivity index (χ3v) is 0.767. The Hall–Kier alpha value is 0.210. The fourth-order valence-electron chi connectivity index (χ4n) is 0.0913. The number of hydrogen-bond donors (Lipinski definition) is 2.